The van der Waals surface area contributed by atoms with Gasteiger partial charge in [0.1, 0.15) is 5.69 Å². The number of nitrogens with zero attached hydrogens (tertiary/aromatic N) is 4. The molecule has 0 bridgehead atoms. The fraction of sp³-hybridized carbons (Fsp3) is 0.600. The molecule has 0 N–H and O–H groups in total. The van der Waals surface area contributed by atoms with Crippen molar-refractivity contribution in [3.8, 4) is 0 Å². The van der Waals surface area contributed by atoms with Gasteiger partial charge in [-0.25, -0.2) is 4.98 Å². The van der Waals surface area contributed by atoms with E-state index < -0.39 is 0 Å². The van der Waals surface area contributed by atoms with Crippen LogP contribution in [-0.4, -0.2) is 57.8 Å². The van der Waals surface area contributed by atoms with Gasteiger partial charge in [-0.3, -0.25) is 14.6 Å². The smallest absolute Gasteiger partial charge is 0.274 e. The summed E-state index contributed by atoms with van der Waals surface area (Å²) in [4.78, 5) is 35.9. The average molecular weight is 288 g/mol. The van der Waals surface area contributed by atoms with Gasteiger partial charge in [0.25, 0.3) is 5.91 Å². The van der Waals surface area contributed by atoms with Crippen LogP contribution in [-0.2, 0) is 4.79 Å². The molecule has 0 saturated carbocycles. The molecule has 3 heterocycles. The Bertz CT molecular complexity index is 520. The molecule has 1 aromatic rings. The molecule has 3 rings (SSSR count). The second-order valence-electron chi connectivity index (χ2n) is 5.79. The molecule has 2 saturated heterocycles. The molecule has 2 aliphatic rings. The van der Waals surface area contributed by atoms with Crippen molar-refractivity contribution in [2.24, 2.45) is 5.92 Å². The summed E-state index contributed by atoms with van der Waals surface area (Å²) in [6.07, 6.45) is 8.32. The van der Waals surface area contributed by atoms with E-state index in [-0.39, 0.29) is 11.8 Å². The number of aromatic nitrogens is 2. The number of hydrogen-bond acceptors (Lipinski definition) is 4. The van der Waals surface area contributed by atoms with Crippen LogP contribution in [0.15, 0.2) is 18.6 Å². The maximum Gasteiger partial charge on any atom is 0.274 e. The topological polar surface area (TPSA) is 66.4 Å². The fourth-order valence-corrected chi connectivity index (χ4v) is 3.18. The lowest BCUT2D eigenvalue weighted by atomic mass is 9.97. The molecule has 0 radical (unpaired) electrons. The van der Waals surface area contributed by atoms with Crippen LogP contribution in [0.25, 0.3) is 0 Å². The van der Waals surface area contributed by atoms with Crippen molar-refractivity contribution >= 4 is 11.8 Å². The number of amides is 2. The Morgan fingerprint density at radius 2 is 2.19 bits per heavy atom. The van der Waals surface area contributed by atoms with Crippen LogP contribution < -0.4 is 0 Å². The first-order valence-corrected chi connectivity index (χ1v) is 7.57. The van der Waals surface area contributed by atoms with E-state index in [0.717, 1.165) is 38.9 Å². The number of piperidine rings is 1. The molecule has 0 unspecified atom stereocenters. The Hall–Kier alpha value is -1.98. The minimum Gasteiger partial charge on any atom is -0.342 e. The van der Waals surface area contributed by atoms with Crippen LogP contribution in [0.2, 0.25) is 0 Å². The first kappa shape index (κ1) is 14.0. The van der Waals surface area contributed by atoms with Crippen molar-refractivity contribution in [1.29, 1.82) is 0 Å². The number of likely N-dealkylation sites (tertiary alicyclic amines) is 2. The molecule has 0 aliphatic carbocycles. The van der Waals surface area contributed by atoms with Crippen LogP contribution in [0.1, 0.15) is 36.2 Å². The van der Waals surface area contributed by atoms with Crippen LogP contribution in [0, 0.1) is 5.92 Å². The van der Waals surface area contributed by atoms with E-state index in [0.29, 0.717) is 24.6 Å². The summed E-state index contributed by atoms with van der Waals surface area (Å²) in [6, 6.07) is 0. The van der Waals surface area contributed by atoms with Gasteiger partial charge in [0.05, 0.1) is 6.20 Å². The molecule has 2 fully saturated rings. The number of rotatable bonds is 3. The third-order valence-electron chi connectivity index (χ3n) is 4.24. The summed E-state index contributed by atoms with van der Waals surface area (Å²) in [5, 5.41) is 0. The number of carbonyl (C=O) groups is 2. The quantitative estimate of drug-likeness (QED) is 0.830. The second kappa shape index (κ2) is 6.20. The van der Waals surface area contributed by atoms with E-state index >= 15 is 0 Å². The zero-order chi connectivity index (χ0) is 14.7. The Morgan fingerprint density at radius 1 is 1.29 bits per heavy atom. The summed E-state index contributed by atoms with van der Waals surface area (Å²) in [5.41, 5.74) is 0.399. The monoisotopic (exact) mass is 288 g/mol. The molecule has 2 amide bonds. The molecule has 112 valence electrons. The maximum absolute atomic E-state index is 12.4. The summed E-state index contributed by atoms with van der Waals surface area (Å²) >= 11 is 0. The third kappa shape index (κ3) is 3.20. The van der Waals surface area contributed by atoms with Gasteiger partial charge in [0.15, 0.2) is 0 Å². The lowest BCUT2D eigenvalue weighted by Crippen LogP contribution is -2.44. The summed E-state index contributed by atoms with van der Waals surface area (Å²) in [5.74, 6) is 0.578. The van der Waals surface area contributed by atoms with Crippen molar-refractivity contribution < 1.29 is 9.59 Å². The highest BCUT2D eigenvalue weighted by Gasteiger charge is 2.29. The van der Waals surface area contributed by atoms with E-state index in [1.807, 2.05) is 9.80 Å². The van der Waals surface area contributed by atoms with E-state index in [2.05, 4.69) is 9.97 Å². The van der Waals surface area contributed by atoms with Crippen LogP contribution in [0.4, 0.5) is 0 Å². The largest absolute Gasteiger partial charge is 0.342 e. The highest BCUT2D eigenvalue weighted by molar-refractivity contribution is 5.92. The highest BCUT2D eigenvalue weighted by atomic mass is 16.2. The average Bonchev–Trinajstić information content (AvgIpc) is 2.93. The van der Waals surface area contributed by atoms with Crippen molar-refractivity contribution in [1.82, 2.24) is 19.8 Å². The first-order chi connectivity index (χ1) is 10.2. The van der Waals surface area contributed by atoms with E-state index in [4.69, 9.17) is 0 Å². The van der Waals surface area contributed by atoms with E-state index in [1.54, 1.807) is 6.20 Å². The van der Waals surface area contributed by atoms with Crippen LogP contribution in [0.3, 0.4) is 0 Å². The molecule has 21 heavy (non-hydrogen) atoms. The van der Waals surface area contributed by atoms with E-state index in [9.17, 15) is 9.59 Å². The number of hydrogen-bond donors (Lipinski definition) is 0. The van der Waals surface area contributed by atoms with Crippen LogP contribution >= 0.6 is 0 Å². The third-order valence-corrected chi connectivity index (χ3v) is 4.24. The molecule has 6 nitrogen and oxygen atoms in total. The highest BCUT2D eigenvalue weighted by Crippen LogP contribution is 2.21. The van der Waals surface area contributed by atoms with Crippen molar-refractivity contribution in [3.05, 3.63) is 24.3 Å². The zero-order valence-corrected chi connectivity index (χ0v) is 12.1. The van der Waals surface area contributed by atoms with Gasteiger partial charge in [-0.2, -0.15) is 0 Å². The Kier molecular flexibility index (Phi) is 4.13. The lowest BCUT2D eigenvalue weighted by molar-refractivity contribution is -0.128. The molecular formula is C15H20N4O2. The minimum absolute atomic E-state index is 0.0550. The van der Waals surface area contributed by atoms with Gasteiger partial charge in [-0.15, -0.1) is 0 Å². The van der Waals surface area contributed by atoms with Gasteiger partial charge < -0.3 is 9.80 Å². The molecular weight excluding hydrogens is 268 g/mol. The molecule has 6 heteroatoms. The predicted octanol–water partition coefficient (Wildman–Crippen LogP) is 0.951. The van der Waals surface area contributed by atoms with Gasteiger partial charge in [0, 0.05) is 45.0 Å². The Morgan fingerprint density at radius 3 is 2.90 bits per heavy atom. The summed E-state index contributed by atoms with van der Waals surface area (Å²) in [7, 11) is 0. The SMILES string of the molecule is O=C1CCCN1C[C@H]1CCCN(C(=O)c2cnccn2)C1. The molecule has 0 spiro atoms. The van der Waals surface area contributed by atoms with Gasteiger partial charge in [-0.1, -0.05) is 0 Å². The molecule has 1 atom stereocenters. The Balaban J connectivity index is 1.60. The van der Waals surface area contributed by atoms with Gasteiger partial charge >= 0.3 is 0 Å². The molecule has 2 aliphatic heterocycles. The Labute approximate surface area is 124 Å². The molecule has 0 aromatic carbocycles. The first-order valence-electron chi connectivity index (χ1n) is 7.57. The standard InChI is InChI=1S/C15H20N4O2/c20-14-4-2-7-18(14)10-12-3-1-8-19(11-12)15(21)13-9-16-5-6-17-13/h5-6,9,12H,1-4,7-8,10-11H2/t12-/m1/s1. The van der Waals surface area contributed by atoms with Crippen molar-refractivity contribution in [2.75, 3.05) is 26.2 Å². The van der Waals surface area contributed by atoms with E-state index in [1.165, 1.54) is 12.4 Å². The maximum atomic E-state index is 12.4. The fourth-order valence-electron chi connectivity index (χ4n) is 3.18. The molecule has 1 aromatic heterocycles. The van der Waals surface area contributed by atoms with Gasteiger partial charge in [-0.05, 0) is 25.2 Å². The van der Waals surface area contributed by atoms with Crippen molar-refractivity contribution in [3.63, 3.8) is 0 Å². The van der Waals surface area contributed by atoms with Crippen molar-refractivity contribution in [2.45, 2.75) is 25.7 Å². The van der Waals surface area contributed by atoms with Gasteiger partial charge in [0.2, 0.25) is 5.91 Å². The predicted molar refractivity (Wildman–Crippen MR) is 76.5 cm³/mol. The lowest BCUT2D eigenvalue weighted by Gasteiger charge is -2.34. The summed E-state index contributed by atoms with van der Waals surface area (Å²) < 4.78 is 0. The second-order valence-corrected chi connectivity index (χ2v) is 5.79. The number of carbonyl (C=O) groups excluding carboxylic acids is 2. The normalized spacial score (nSPS) is 22.7. The zero-order valence-electron chi connectivity index (χ0n) is 12.1. The van der Waals surface area contributed by atoms with Crippen LogP contribution in [0.5, 0.6) is 0 Å². The minimum atomic E-state index is -0.0550. The summed E-state index contributed by atoms with van der Waals surface area (Å²) in [6.45, 7) is 3.12.